The van der Waals surface area contributed by atoms with E-state index < -0.39 is 12.0 Å². The zero-order valence-corrected chi connectivity index (χ0v) is 14.7. The van der Waals surface area contributed by atoms with Gasteiger partial charge in [0.2, 0.25) is 11.8 Å². The Kier molecular flexibility index (Phi) is 7.42. The summed E-state index contributed by atoms with van der Waals surface area (Å²) in [4.78, 5) is 37.2. The smallest absolute Gasteiger partial charge is 0.306 e. The van der Waals surface area contributed by atoms with Crippen molar-refractivity contribution in [3.63, 3.8) is 0 Å². The van der Waals surface area contributed by atoms with Gasteiger partial charge in [0, 0.05) is 25.7 Å². The second-order valence-corrected chi connectivity index (χ2v) is 6.52. The van der Waals surface area contributed by atoms with E-state index in [0.29, 0.717) is 19.5 Å². The molecule has 0 unspecified atom stereocenters. The molecule has 0 bridgehead atoms. The molecule has 7 heteroatoms. The first-order valence-corrected chi connectivity index (χ1v) is 8.84. The largest absolute Gasteiger partial charge is 0.481 e. The van der Waals surface area contributed by atoms with E-state index in [-0.39, 0.29) is 24.2 Å². The summed E-state index contributed by atoms with van der Waals surface area (Å²) in [6.07, 6.45) is 12.7. The number of amides is 2. The Hall–Kier alpha value is -2.59. The number of rotatable bonds is 6. The van der Waals surface area contributed by atoms with Gasteiger partial charge in [0.25, 0.3) is 0 Å². The van der Waals surface area contributed by atoms with Crippen LogP contribution < -0.4 is 10.6 Å². The molecule has 7 nitrogen and oxygen atoms in total. The Morgan fingerprint density at radius 2 is 2.31 bits per heavy atom. The Morgan fingerprint density at radius 3 is 2.96 bits per heavy atom. The van der Waals surface area contributed by atoms with Crippen LogP contribution in [-0.2, 0) is 14.4 Å². The molecule has 2 rings (SSSR count). The minimum atomic E-state index is -1.06. The van der Waals surface area contributed by atoms with E-state index in [4.69, 9.17) is 11.5 Å². The molecule has 0 aromatic rings. The van der Waals surface area contributed by atoms with E-state index in [2.05, 4.69) is 22.6 Å². The lowest BCUT2D eigenvalue weighted by molar-refractivity contribution is -0.137. The maximum Gasteiger partial charge on any atom is 0.306 e. The van der Waals surface area contributed by atoms with E-state index in [0.717, 1.165) is 31.5 Å². The molecule has 2 heterocycles. The maximum absolute atomic E-state index is 12.4. The fraction of sp³-hybridized carbons (Fsp3) is 0.526. The molecule has 140 valence electrons. The van der Waals surface area contributed by atoms with Gasteiger partial charge in [-0.3, -0.25) is 14.4 Å². The van der Waals surface area contributed by atoms with Gasteiger partial charge >= 0.3 is 5.97 Å². The van der Waals surface area contributed by atoms with Crippen LogP contribution in [0.5, 0.6) is 0 Å². The first-order chi connectivity index (χ1) is 12.5. The fourth-order valence-electron chi connectivity index (χ4n) is 3.08. The number of nitrogens with zero attached hydrogens (tertiary/aromatic N) is 1. The van der Waals surface area contributed by atoms with Crippen molar-refractivity contribution in [2.75, 3.05) is 26.2 Å². The van der Waals surface area contributed by atoms with Crippen LogP contribution in [0.1, 0.15) is 25.7 Å². The van der Waals surface area contributed by atoms with Crippen LogP contribution in [0, 0.1) is 18.3 Å². The number of allylic oxidation sites excluding steroid dienone is 1. The molecule has 3 N–H and O–H groups in total. The maximum atomic E-state index is 12.4. The summed E-state index contributed by atoms with van der Waals surface area (Å²) in [5.74, 6) is 0.438. The molecule has 2 atom stereocenters. The van der Waals surface area contributed by atoms with Crippen LogP contribution in [0.4, 0.5) is 0 Å². The van der Waals surface area contributed by atoms with Gasteiger partial charge in [-0.1, -0.05) is 18.1 Å². The van der Waals surface area contributed by atoms with Gasteiger partial charge in [0.15, 0.2) is 0 Å². The Morgan fingerprint density at radius 1 is 1.50 bits per heavy atom. The monoisotopic (exact) mass is 359 g/mol. The fourth-order valence-corrected chi connectivity index (χ4v) is 3.08. The normalized spacial score (nSPS) is 21.6. The zero-order chi connectivity index (χ0) is 18.9. The van der Waals surface area contributed by atoms with E-state index in [1.807, 2.05) is 6.08 Å². The van der Waals surface area contributed by atoms with Gasteiger partial charge in [-0.25, -0.2) is 0 Å². The van der Waals surface area contributed by atoms with Crippen LogP contribution in [-0.4, -0.2) is 60.0 Å². The van der Waals surface area contributed by atoms with Crippen molar-refractivity contribution in [1.82, 2.24) is 15.5 Å². The molecule has 0 aromatic heterocycles. The number of nitrogens with one attached hydrogen (secondary N) is 2. The molecule has 2 amide bonds. The second-order valence-electron chi connectivity index (χ2n) is 6.52. The Balaban J connectivity index is 1.89. The van der Waals surface area contributed by atoms with Crippen LogP contribution in [0.3, 0.4) is 0 Å². The highest BCUT2D eigenvalue weighted by Gasteiger charge is 2.29. The summed E-state index contributed by atoms with van der Waals surface area (Å²) < 4.78 is 0. The molecule has 0 saturated carbocycles. The van der Waals surface area contributed by atoms with Crippen LogP contribution in [0.2, 0.25) is 0 Å². The Labute approximate surface area is 153 Å². The number of piperidine rings is 1. The zero-order valence-electron chi connectivity index (χ0n) is 14.7. The molecule has 0 aliphatic carbocycles. The van der Waals surface area contributed by atoms with Crippen molar-refractivity contribution in [2.45, 2.75) is 31.7 Å². The third-order valence-electron chi connectivity index (χ3n) is 4.54. The number of carbonyl (C=O) groups excluding carboxylic acids is 2. The minimum absolute atomic E-state index is 0.110. The van der Waals surface area contributed by atoms with E-state index in [9.17, 15) is 14.4 Å². The molecule has 2 aliphatic rings. The third-order valence-corrected chi connectivity index (χ3v) is 4.54. The van der Waals surface area contributed by atoms with Crippen molar-refractivity contribution < 1.29 is 19.5 Å². The highest BCUT2D eigenvalue weighted by molar-refractivity contribution is 5.89. The predicted molar refractivity (Wildman–Crippen MR) is 97.0 cm³/mol. The van der Waals surface area contributed by atoms with Gasteiger partial charge in [0.05, 0.1) is 12.3 Å². The predicted octanol–water partition coefficient (Wildman–Crippen LogP) is 0.294. The quantitative estimate of drug-likeness (QED) is 0.468. The van der Waals surface area contributed by atoms with E-state index in [1.54, 1.807) is 11.0 Å². The van der Waals surface area contributed by atoms with E-state index in [1.165, 1.54) is 0 Å². The third kappa shape index (κ3) is 6.05. The molecule has 26 heavy (non-hydrogen) atoms. The summed E-state index contributed by atoms with van der Waals surface area (Å²) in [6.45, 7) is 2.65. The SMILES string of the molecule is C#C[C@H](CC(=O)O)NC(=O)[C@@H]1CCCN(C(=O)/C=C/C2=CCNCC2)C1. The summed E-state index contributed by atoms with van der Waals surface area (Å²) in [5.41, 5.74) is 1.13. The topological polar surface area (TPSA) is 98.7 Å². The number of carboxylic acids is 1. The molecule has 0 spiro atoms. The molecule has 0 radical (unpaired) electrons. The van der Waals surface area contributed by atoms with Crippen LogP contribution in [0.25, 0.3) is 0 Å². The number of hydrogen-bond acceptors (Lipinski definition) is 4. The molecule has 2 aliphatic heterocycles. The van der Waals surface area contributed by atoms with Gasteiger partial charge < -0.3 is 20.6 Å². The molecule has 1 fully saturated rings. The van der Waals surface area contributed by atoms with Crippen LogP contribution in [0.15, 0.2) is 23.8 Å². The summed E-state index contributed by atoms with van der Waals surface area (Å²) in [6, 6.07) is -0.835. The van der Waals surface area contributed by atoms with Gasteiger partial charge in [-0.15, -0.1) is 6.42 Å². The summed E-state index contributed by atoms with van der Waals surface area (Å²) in [7, 11) is 0. The molecule has 0 aromatic carbocycles. The van der Waals surface area contributed by atoms with Gasteiger partial charge in [0.1, 0.15) is 6.04 Å². The lowest BCUT2D eigenvalue weighted by atomic mass is 9.96. The number of hydrogen-bond donors (Lipinski definition) is 3. The first kappa shape index (κ1) is 19.7. The lowest BCUT2D eigenvalue weighted by Gasteiger charge is -2.31. The first-order valence-electron chi connectivity index (χ1n) is 8.84. The summed E-state index contributed by atoms with van der Waals surface area (Å²) in [5, 5.41) is 14.6. The number of likely N-dealkylation sites (tertiary alicyclic amines) is 1. The lowest BCUT2D eigenvalue weighted by Crippen LogP contribution is -2.47. The number of aliphatic carboxylic acids is 1. The highest BCUT2D eigenvalue weighted by Crippen LogP contribution is 2.18. The van der Waals surface area contributed by atoms with Gasteiger partial charge in [-0.05, 0) is 31.4 Å². The minimum Gasteiger partial charge on any atom is -0.481 e. The highest BCUT2D eigenvalue weighted by atomic mass is 16.4. The second kappa shape index (κ2) is 9.78. The van der Waals surface area contributed by atoms with E-state index >= 15 is 0 Å². The molecule has 1 saturated heterocycles. The van der Waals surface area contributed by atoms with Gasteiger partial charge in [-0.2, -0.15) is 0 Å². The van der Waals surface area contributed by atoms with Crippen molar-refractivity contribution in [2.24, 2.45) is 5.92 Å². The Bertz CT molecular complexity index is 648. The van der Waals surface area contributed by atoms with Crippen molar-refractivity contribution in [1.29, 1.82) is 0 Å². The molecular formula is C19H25N3O4. The average Bonchev–Trinajstić information content (AvgIpc) is 2.66. The summed E-state index contributed by atoms with van der Waals surface area (Å²) >= 11 is 0. The van der Waals surface area contributed by atoms with Crippen molar-refractivity contribution in [3.8, 4) is 12.3 Å². The van der Waals surface area contributed by atoms with Crippen molar-refractivity contribution >= 4 is 17.8 Å². The number of carbonyl (C=O) groups is 3. The number of carboxylic acid groups (broad SMARTS) is 1. The van der Waals surface area contributed by atoms with Crippen LogP contribution >= 0.6 is 0 Å². The molecular weight excluding hydrogens is 334 g/mol. The standard InChI is InChI=1S/C19H25N3O4/c1-2-16(12-18(24)25)21-19(26)15-4-3-11-22(13-15)17(23)6-5-14-7-9-20-10-8-14/h1,5-7,15-16,20H,3-4,8-13H2,(H,21,26)(H,24,25)/b6-5+/t15-,16-/m1/s1. The number of terminal acetylenes is 1. The average molecular weight is 359 g/mol. The van der Waals surface area contributed by atoms with Crippen molar-refractivity contribution in [3.05, 3.63) is 23.8 Å².